The third-order valence-corrected chi connectivity index (χ3v) is 6.29. The van der Waals surface area contributed by atoms with E-state index in [1.54, 1.807) is 30.5 Å². The van der Waals surface area contributed by atoms with Gasteiger partial charge in [0.2, 0.25) is 5.91 Å². The fraction of sp³-hybridized carbons (Fsp3) is 0.393. The summed E-state index contributed by atoms with van der Waals surface area (Å²) in [6, 6.07) is 17.2. The van der Waals surface area contributed by atoms with Crippen molar-refractivity contribution in [1.29, 1.82) is 0 Å². The number of aromatic nitrogens is 1. The van der Waals surface area contributed by atoms with E-state index in [9.17, 15) is 9.90 Å². The molecule has 2 heterocycles. The quantitative estimate of drug-likeness (QED) is 0.430. The molecule has 1 aliphatic heterocycles. The molecule has 1 amide bonds. The first kappa shape index (κ1) is 23.7. The Morgan fingerprint density at radius 1 is 1.09 bits per heavy atom. The molecule has 1 saturated heterocycles. The first-order valence-corrected chi connectivity index (χ1v) is 12.2. The molecule has 3 aromatic rings. The van der Waals surface area contributed by atoms with Crippen LogP contribution < -0.4 is 15.0 Å². The molecule has 1 aliphatic carbocycles. The van der Waals surface area contributed by atoms with Gasteiger partial charge in [-0.2, -0.15) is 0 Å². The highest BCUT2D eigenvalue weighted by Crippen LogP contribution is 2.30. The van der Waals surface area contributed by atoms with Gasteiger partial charge in [0.1, 0.15) is 11.5 Å². The molecule has 3 N–H and O–H groups in total. The van der Waals surface area contributed by atoms with Crippen molar-refractivity contribution in [1.82, 2.24) is 10.3 Å². The largest absolute Gasteiger partial charge is 0.508 e. The first-order chi connectivity index (χ1) is 16.6. The van der Waals surface area contributed by atoms with Crippen LogP contribution in [0.25, 0.3) is 0 Å². The number of hydrogen-bond acceptors (Lipinski definition) is 4. The number of ether oxygens (including phenoxy) is 1. The normalized spacial score (nSPS) is 15.9. The highest BCUT2D eigenvalue weighted by atomic mass is 16.5. The number of nitrogens with one attached hydrogen (secondary N) is 2. The van der Waals surface area contributed by atoms with Gasteiger partial charge in [-0.3, -0.25) is 4.79 Å². The molecule has 180 valence electrons. The lowest BCUT2D eigenvalue weighted by Crippen LogP contribution is -2.27. The number of carbonyl (C=O) groups is 1. The highest BCUT2D eigenvalue weighted by Gasteiger charge is 2.22. The summed E-state index contributed by atoms with van der Waals surface area (Å²) in [5, 5.41) is 12.1. The molecule has 0 spiro atoms. The summed E-state index contributed by atoms with van der Waals surface area (Å²) in [6.07, 6.45) is 9.35. The van der Waals surface area contributed by atoms with E-state index in [0.29, 0.717) is 6.42 Å². The number of anilines is 1. The van der Waals surface area contributed by atoms with Crippen LogP contribution >= 0.6 is 0 Å². The lowest BCUT2D eigenvalue weighted by atomic mass is 10.1. The topological polar surface area (TPSA) is 77.6 Å². The Morgan fingerprint density at radius 3 is 2.41 bits per heavy atom. The molecular weight excluding hydrogens is 426 g/mol. The molecule has 2 aliphatic rings. The maximum Gasteiger partial charge on any atom is 0.224 e. The minimum absolute atomic E-state index is 0.0184. The van der Waals surface area contributed by atoms with Crippen LogP contribution in [-0.2, 0) is 11.2 Å². The van der Waals surface area contributed by atoms with E-state index in [0.717, 1.165) is 29.4 Å². The van der Waals surface area contributed by atoms with Crippen LogP contribution in [0.5, 0.6) is 11.5 Å². The first-order valence-electron chi connectivity index (χ1n) is 12.2. The summed E-state index contributed by atoms with van der Waals surface area (Å²) in [5.41, 5.74) is 3.27. The summed E-state index contributed by atoms with van der Waals surface area (Å²) < 4.78 is 5.73. The number of carbonyl (C=O) groups excluding carboxylic acids is 1. The summed E-state index contributed by atoms with van der Waals surface area (Å²) in [5.74, 6) is 2.06. The Morgan fingerprint density at radius 2 is 1.79 bits per heavy atom. The zero-order valence-corrected chi connectivity index (χ0v) is 19.9. The van der Waals surface area contributed by atoms with Gasteiger partial charge >= 0.3 is 0 Å². The lowest BCUT2D eigenvalue weighted by Gasteiger charge is -2.17. The summed E-state index contributed by atoms with van der Waals surface area (Å²) in [7, 11) is 0. The predicted octanol–water partition coefficient (Wildman–Crippen LogP) is 5.22. The molecule has 5 rings (SSSR count). The molecule has 0 radical (unpaired) electrons. The second-order valence-electron chi connectivity index (χ2n) is 9.22. The van der Waals surface area contributed by atoms with Gasteiger partial charge in [0.05, 0.1) is 19.1 Å². The van der Waals surface area contributed by atoms with E-state index in [1.165, 1.54) is 44.5 Å². The molecule has 6 heteroatoms. The van der Waals surface area contributed by atoms with E-state index in [-0.39, 0.29) is 17.7 Å². The summed E-state index contributed by atoms with van der Waals surface area (Å²) in [4.78, 5) is 17.2. The van der Waals surface area contributed by atoms with Crippen LogP contribution in [0.4, 0.5) is 5.69 Å². The van der Waals surface area contributed by atoms with E-state index in [1.807, 2.05) is 19.2 Å². The number of phenols is 1. The van der Waals surface area contributed by atoms with Crippen molar-refractivity contribution in [2.45, 2.75) is 45.1 Å². The fourth-order valence-corrected chi connectivity index (χ4v) is 4.02. The second kappa shape index (κ2) is 11.6. The molecular formula is C28H35N3O3. The van der Waals surface area contributed by atoms with Gasteiger partial charge < -0.3 is 25.0 Å². The summed E-state index contributed by atoms with van der Waals surface area (Å²) in [6.45, 7) is 5.25. The van der Waals surface area contributed by atoms with Crippen molar-refractivity contribution in [3.05, 3.63) is 78.1 Å². The van der Waals surface area contributed by atoms with Crippen molar-refractivity contribution in [2.75, 3.05) is 24.6 Å². The second-order valence-corrected chi connectivity index (χ2v) is 9.22. The number of benzene rings is 2. The van der Waals surface area contributed by atoms with Crippen LogP contribution in [0.2, 0.25) is 0 Å². The fourth-order valence-electron chi connectivity index (χ4n) is 4.02. The van der Waals surface area contributed by atoms with Crippen molar-refractivity contribution in [3.8, 4) is 11.5 Å². The molecule has 2 aromatic carbocycles. The maximum atomic E-state index is 11.8. The third kappa shape index (κ3) is 7.30. The third-order valence-electron chi connectivity index (χ3n) is 6.29. The zero-order valence-electron chi connectivity index (χ0n) is 19.9. The van der Waals surface area contributed by atoms with E-state index >= 15 is 0 Å². The van der Waals surface area contributed by atoms with Crippen molar-refractivity contribution < 1.29 is 14.6 Å². The van der Waals surface area contributed by atoms with Gasteiger partial charge in [0.15, 0.2) is 0 Å². The SMILES string of the molecule is CC(NC(=O)Cc1cc[nH]c1)c1ccc(O)cc1.c1cc(N2CCCC2)ccc1OCC1CC1. The van der Waals surface area contributed by atoms with Crippen LogP contribution in [0.3, 0.4) is 0 Å². The van der Waals surface area contributed by atoms with Crippen LogP contribution in [0.15, 0.2) is 67.0 Å². The lowest BCUT2D eigenvalue weighted by molar-refractivity contribution is -0.121. The molecule has 1 aromatic heterocycles. The number of nitrogens with zero attached hydrogens (tertiary/aromatic N) is 1. The Kier molecular flexibility index (Phi) is 8.12. The number of amides is 1. The minimum atomic E-state index is -0.0722. The summed E-state index contributed by atoms with van der Waals surface area (Å²) >= 11 is 0. The van der Waals surface area contributed by atoms with Crippen LogP contribution in [0.1, 0.15) is 49.8 Å². The molecule has 34 heavy (non-hydrogen) atoms. The van der Waals surface area contributed by atoms with Gasteiger partial charge in [-0.25, -0.2) is 0 Å². The van der Waals surface area contributed by atoms with Gasteiger partial charge in [-0.05, 0) is 92.1 Å². The number of hydrogen-bond donors (Lipinski definition) is 3. The van der Waals surface area contributed by atoms with Gasteiger partial charge in [0, 0.05) is 31.2 Å². The molecule has 0 bridgehead atoms. The monoisotopic (exact) mass is 461 g/mol. The molecule has 1 saturated carbocycles. The van der Waals surface area contributed by atoms with Crippen LogP contribution in [-0.4, -0.2) is 35.7 Å². The zero-order chi connectivity index (χ0) is 23.8. The smallest absolute Gasteiger partial charge is 0.224 e. The number of phenolic OH excluding ortho intramolecular Hbond substituents is 1. The Balaban J connectivity index is 0.000000162. The average Bonchev–Trinajstić information content (AvgIpc) is 3.26. The Hall–Kier alpha value is -3.41. The Labute approximate surface area is 202 Å². The van der Waals surface area contributed by atoms with Crippen molar-refractivity contribution in [2.24, 2.45) is 5.92 Å². The van der Waals surface area contributed by atoms with E-state index in [4.69, 9.17) is 4.74 Å². The average molecular weight is 462 g/mol. The van der Waals surface area contributed by atoms with Crippen molar-refractivity contribution >= 4 is 11.6 Å². The van der Waals surface area contributed by atoms with Crippen LogP contribution in [0, 0.1) is 5.92 Å². The standard InChI is InChI=1S/C14H16N2O2.C14H19NO/c1-10(12-2-4-13(17)5-3-12)16-14(18)8-11-6-7-15-9-11;1-2-10-15(9-1)13-5-7-14(8-6-13)16-11-12-3-4-12/h2-7,9-10,15,17H,8H2,1H3,(H,16,18);5-8,12H,1-4,9-11H2. The molecule has 6 nitrogen and oxygen atoms in total. The number of aromatic hydroxyl groups is 1. The number of H-pyrrole nitrogens is 1. The maximum absolute atomic E-state index is 11.8. The molecule has 1 atom stereocenters. The number of rotatable bonds is 8. The van der Waals surface area contributed by atoms with E-state index in [2.05, 4.69) is 39.5 Å². The van der Waals surface area contributed by atoms with Gasteiger partial charge in [-0.1, -0.05) is 12.1 Å². The minimum Gasteiger partial charge on any atom is -0.508 e. The predicted molar refractivity (Wildman–Crippen MR) is 135 cm³/mol. The Bertz CT molecular complexity index is 1010. The van der Waals surface area contributed by atoms with E-state index < -0.39 is 0 Å². The molecule has 2 fully saturated rings. The number of aromatic amines is 1. The van der Waals surface area contributed by atoms with Gasteiger partial charge in [-0.15, -0.1) is 0 Å². The highest BCUT2D eigenvalue weighted by molar-refractivity contribution is 5.78. The van der Waals surface area contributed by atoms with Gasteiger partial charge in [0.25, 0.3) is 0 Å². The molecule has 1 unspecified atom stereocenters. The van der Waals surface area contributed by atoms with Crippen molar-refractivity contribution in [3.63, 3.8) is 0 Å².